The van der Waals surface area contributed by atoms with Gasteiger partial charge in [-0.05, 0) is 32.1 Å². The Balaban J connectivity index is 3.76. The summed E-state index contributed by atoms with van der Waals surface area (Å²) in [6.07, 6.45) is 5.75. The average Bonchev–Trinajstić information content (AvgIpc) is 2.55. The minimum absolute atomic E-state index is 0.00333. The van der Waals surface area contributed by atoms with Crippen LogP contribution in [0, 0.1) is 10.8 Å². The molecule has 0 aromatic heterocycles. The van der Waals surface area contributed by atoms with Gasteiger partial charge in [0.1, 0.15) is 5.78 Å². The lowest BCUT2D eigenvalue weighted by Crippen LogP contribution is -2.39. The smallest absolute Gasteiger partial charge is 0.219 e. The maximum Gasteiger partial charge on any atom is 0.219 e. The summed E-state index contributed by atoms with van der Waals surface area (Å²) in [7, 11) is 0. The number of carbonyl (C=O) groups is 3. The second-order valence-electron chi connectivity index (χ2n) is 8.93. The third-order valence-electron chi connectivity index (χ3n) is 5.04. The van der Waals surface area contributed by atoms with Gasteiger partial charge in [-0.25, -0.2) is 0 Å². The molecule has 1 unspecified atom stereocenters. The van der Waals surface area contributed by atoms with Gasteiger partial charge in [-0.3, -0.25) is 14.4 Å². The molecule has 0 saturated heterocycles. The highest BCUT2D eigenvalue weighted by Gasteiger charge is 2.26. The molecule has 5 nitrogen and oxygen atoms in total. The molecule has 0 radical (unpaired) electrons. The number of hydrogen-bond acceptors (Lipinski definition) is 4. The summed E-state index contributed by atoms with van der Waals surface area (Å²) < 4.78 is 0. The first-order valence-electron chi connectivity index (χ1n) is 10.0. The predicted octanol–water partition coefficient (Wildman–Crippen LogP) is 3.78. The van der Waals surface area contributed by atoms with Crippen molar-refractivity contribution < 1.29 is 14.4 Å². The Hall–Kier alpha value is -1.23. The summed E-state index contributed by atoms with van der Waals surface area (Å²) in [4.78, 5) is 35.8. The summed E-state index contributed by atoms with van der Waals surface area (Å²) in [6, 6.07) is -0.493. The van der Waals surface area contributed by atoms with E-state index in [1.807, 2.05) is 41.5 Å². The van der Waals surface area contributed by atoms with Crippen molar-refractivity contribution in [1.82, 2.24) is 5.32 Å². The van der Waals surface area contributed by atoms with E-state index in [0.717, 1.165) is 25.7 Å². The van der Waals surface area contributed by atoms with Gasteiger partial charge in [-0.15, -0.1) is 0 Å². The van der Waals surface area contributed by atoms with E-state index in [0.29, 0.717) is 38.0 Å². The average molecular weight is 369 g/mol. The fourth-order valence-corrected chi connectivity index (χ4v) is 2.61. The Bertz CT molecular complexity index is 464. The lowest BCUT2D eigenvalue weighted by molar-refractivity contribution is -0.128. The predicted molar refractivity (Wildman–Crippen MR) is 107 cm³/mol. The highest BCUT2D eigenvalue weighted by Crippen LogP contribution is 2.23. The van der Waals surface area contributed by atoms with Crippen LogP contribution in [0.15, 0.2) is 0 Å². The monoisotopic (exact) mass is 368 g/mol. The van der Waals surface area contributed by atoms with E-state index in [1.165, 1.54) is 0 Å². The van der Waals surface area contributed by atoms with E-state index in [9.17, 15) is 14.4 Å². The van der Waals surface area contributed by atoms with Crippen molar-refractivity contribution in [3.63, 3.8) is 0 Å². The third-order valence-corrected chi connectivity index (χ3v) is 5.04. The molecule has 0 fully saturated rings. The minimum Gasteiger partial charge on any atom is -0.356 e. The van der Waals surface area contributed by atoms with Gasteiger partial charge in [0.25, 0.3) is 0 Å². The number of nitrogens with one attached hydrogen (secondary N) is 1. The molecular weight excluding hydrogens is 328 g/mol. The van der Waals surface area contributed by atoms with Crippen molar-refractivity contribution in [2.75, 3.05) is 6.54 Å². The molecule has 0 aliphatic rings. The van der Waals surface area contributed by atoms with Crippen molar-refractivity contribution in [1.29, 1.82) is 0 Å². The van der Waals surface area contributed by atoms with Crippen LogP contribution < -0.4 is 11.1 Å². The Morgan fingerprint density at radius 1 is 0.923 bits per heavy atom. The molecule has 26 heavy (non-hydrogen) atoms. The van der Waals surface area contributed by atoms with E-state index in [-0.39, 0.29) is 17.1 Å². The maximum absolute atomic E-state index is 12.0. The number of Topliss-reactive ketones (excluding diaryl/α,β-unsaturated/α-hetero) is 2. The van der Waals surface area contributed by atoms with Crippen LogP contribution in [0.2, 0.25) is 0 Å². The maximum atomic E-state index is 12.0. The van der Waals surface area contributed by atoms with Crippen LogP contribution in [0.3, 0.4) is 0 Å². The normalized spacial score (nSPS) is 13.3. The molecule has 5 heteroatoms. The Morgan fingerprint density at radius 3 is 2.08 bits per heavy atom. The molecule has 0 spiro atoms. The topological polar surface area (TPSA) is 89.3 Å². The lowest BCUT2D eigenvalue weighted by atomic mass is 9.83. The fourth-order valence-electron chi connectivity index (χ4n) is 2.61. The van der Waals surface area contributed by atoms with Crippen LogP contribution in [0.5, 0.6) is 0 Å². The second-order valence-corrected chi connectivity index (χ2v) is 8.93. The van der Waals surface area contributed by atoms with Crippen molar-refractivity contribution in [3.05, 3.63) is 0 Å². The number of amides is 1. The van der Waals surface area contributed by atoms with Crippen LogP contribution in [0.4, 0.5) is 0 Å². The minimum atomic E-state index is -0.493. The van der Waals surface area contributed by atoms with Crippen molar-refractivity contribution in [2.45, 2.75) is 99.0 Å². The Morgan fingerprint density at radius 2 is 1.54 bits per heavy atom. The largest absolute Gasteiger partial charge is 0.356 e. The summed E-state index contributed by atoms with van der Waals surface area (Å²) in [6.45, 7) is 12.2. The molecule has 0 aliphatic carbocycles. The van der Waals surface area contributed by atoms with Gasteiger partial charge in [-0.2, -0.15) is 0 Å². The zero-order chi connectivity index (χ0) is 20.4. The van der Waals surface area contributed by atoms with Crippen LogP contribution in [0.25, 0.3) is 0 Å². The van der Waals surface area contributed by atoms with E-state index in [2.05, 4.69) is 5.32 Å². The van der Waals surface area contributed by atoms with Gasteiger partial charge < -0.3 is 11.1 Å². The number of carbonyl (C=O) groups excluding carboxylic acids is 3. The standard InChI is InChI=1S/C21H40N2O3/c1-7-21(5,6)17(24)13-9-8-10-15-23-18(25)14-11-12-16(22)19(26)20(2,3)4/h16H,7-15,22H2,1-6H3,(H,23,25). The third kappa shape index (κ3) is 10.0. The molecule has 0 heterocycles. The first kappa shape index (κ1) is 24.8. The highest BCUT2D eigenvalue weighted by atomic mass is 16.1. The summed E-state index contributed by atoms with van der Waals surface area (Å²) in [5.74, 6) is 0.368. The van der Waals surface area contributed by atoms with Gasteiger partial charge in [0, 0.05) is 30.2 Å². The fraction of sp³-hybridized carbons (Fsp3) is 0.857. The molecule has 0 aromatic rings. The summed E-state index contributed by atoms with van der Waals surface area (Å²) in [5, 5.41) is 2.90. The number of nitrogens with two attached hydrogens (primary N) is 1. The number of ketones is 2. The number of unbranched alkanes of at least 4 members (excludes halogenated alkanes) is 2. The lowest BCUT2D eigenvalue weighted by Gasteiger charge is -2.21. The molecular formula is C21H40N2O3. The summed E-state index contributed by atoms with van der Waals surface area (Å²) >= 11 is 0. The molecule has 152 valence electrons. The van der Waals surface area contributed by atoms with Gasteiger partial charge in [0.2, 0.25) is 5.91 Å². The Labute approximate surface area is 159 Å². The molecule has 0 saturated carbocycles. The van der Waals surface area contributed by atoms with Crippen molar-refractivity contribution in [3.8, 4) is 0 Å². The quantitative estimate of drug-likeness (QED) is 0.484. The van der Waals surface area contributed by atoms with Gasteiger partial charge in [0.15, 0.2) is 5.78 Å². The van der Waals surface area contributed by atoms with E-state index in [4.69, 9.17) is 5.73 Å². The Kier molecular flexibility index (Phi) is 10.9. The first-order chi connectivity index (χ1) is 11.9. The van der Waals surface area contributed by atoms with E-state index >= 15 is 0 Å². The molecule has 1 amide bonds. The zero-order valence-corrected chi connectivity index (χ0v) is 17.7. The molecule has 1 atom stereocenters. The van der Waals surface area contributed by atoms with Crippen LogP contribution in [0.1, 0.15) is 92.9 Å². The van der Waals surface area contributed by atoms with Gasteiger partial charge in [0.05, 0.1) is 6.04 Å². The number of rotatable bonds is 13. The van der Waals surface area contributed by atoms with E-state index in [1.54, 1.807) is 0 Å². The second kappa shape index (κ2) is 11.5. The first-order valence-corrected chi connectivity index (χ1v) is 10.0. The van der Waals surface area contributed by atoms with Gasteiger partial charge >= 0.3 is 0 Å². The highest BCUT2D eigenvalue weighted by molar-refractivity contribution is 5.88. The summed E-state index contributed by atoms with van der Waals surface area (Å²) in [5.41, 5.74) is 5.25. The molecule has 0 aliphatic heterocycles. The van der Waals surface area contributed by atoms with Crippen molar-refractivity contribution in [2.24, 2.45) is 16.6 Å². The van der Waals surface area contributed by atoms with E-state index < -0.39 is 11.5 Å². The molecule has 0 bridgehead atoms. The van der Waals surface area contributed by atoms with Gasteiger partial charge in [-0.1, -0.05) is 48.0 Å². The SMILES string of the molecule is CCC(C)(C)C(=O)CCCCCNC(=O)CCCC(N)C(=O)C(C)(C)C. The van der Waals surface area contributed by atoms with Crippen LogP contribution >= 0.6 is 0 Å². The molecule has 0 rings (SSSR count). The van der Waals surface area contributed by atoms with Crippen LogP contribution in [-0.4, -0.2) is 30.1 Å². The molecule has 3 N–H and O–H groups in total. The van der Waals surface area contributed by atoms with Crippen molar-refractivity contribution >= 4 is 17.5 Å². The number of hydrogen-bond donors (Lipinski definition) is 2. The zero-order valence-electron chi connectivity index (χ0n) is 17.7. The molecule has 0 aromatic carbocycles. The van der Waals surface area contributed by atoms with Crippen LogP contribution in [-0.2, 0) is 14.4 Å².